The summed E-state index contributed by atoms with van der Waals surface area (Å²) in [6.07, 6.45) is 1.50. The lowest BCUT2D eigenvalue weighted by Crippen LogP contribution is -1.99. The van der Waals surface area contributed by atoms with Crippen LogP contribution in [0.4, 0.5) is 5.82 Å². The molecule has 0 saturated carbocycles. The zero-order valence-electron chi connectivity index (χ0n) is 11.0. The molecular weight excluding hydrogens is 274 g/mol. The summed E-state index contributed by atoms with van der Waals surface area (Å²) in [5.74, 6) is 1.27. The number of aromatic nitrogens is 4. The van der Waals surface area contributed by atoms with Crippen LogP contribution in [0.2, 0.25) is 0 Å². The third-order valence-electron chi connectivity index (χ3n) is 2.77. The minimum atomic E-state index is 0.612. The molecule has 0 aliphatic heterocycles. The Morgan fingerprint density at radius 3 is 2.85 bits per heavy atom. The Labute approximate surface area is 120 Å². The van der Waals surface area contributed by atoms with Crippen molar-refractivity contribution in [3.8, 4) is 5.75 Å². The molecule has 3 aromatic rings. The van der Waals surface area contributed by atoms with Gasteiger partial charge in [-0.2, -0.15) is 0 Å². The highest BCUT2D eigenvalue weighted by Crippen LogP contribution is 2.35. The maximum absolute atomic E-state index is 5.36. The van der Waals surface area contributed by atoms with Crippen LogP contribution < -0.4 is 10.1 Å². The number of H-pyrrole nitrogens is 1. The first-order valence-corrected chi connectivity index (χ1v) is 6.83. The summed E-state index contributed by atoms with van der Waals surface area (Å²) in [5, 5.41) is 4.46. The van der Waals surface area contributed by atoms with Crippen LogP contribution in [0.1, 0.15) is 0 Å². The number of rotatable bonds is 4. The summed E-state index contributed by atoms with van der Waals surface area (Å²) in [4.78, 5) is 16.1. The quantitative estimate of drug-likeness (QED) is 0.718. The lowest BCUT2D eigenvalue weighted by molar-refractivity contribution is 0.400. The van der Waals surface area contributed by atoms with Crippen LogP contribution >= 0.6 is 11.8 Å². The number of methoxy groups -OCH3 is 1. The molecule has 7 heteroatoms. The zero-order chi connectivity index (χ0) is 13.9. The van der Waals surface area contributed by atoms with E-state index in [1.165, 1.54) is 18.1 Å². The van der Waals surface area contributed by atoms with E-state index in [0.29, 0.717) is 16.6 Å². The van der Waals surface area contributed by atoms with E-state index in [1.54, 1.807) is 14.2 Å². The summed E-state index contributed by atoms with van der Waals surface area (Å²) in [6.45, 7) is 0. The smallest absolute Gasteiger partial charge is 0.194 e. The van der Waals surface area contributed by atoms with Crippen molar-refractivity contribution in [3.63, 3.8) is 0 Å². The van der Waals surface area contributed by atoms with Gasteiger partial charge >= 0.3 is 0 Å². The van der Waals surface area contributed by atoms with Gasteiger partial charge in [-0.3, -0.25) is 0 Å². The van der Waals surface area contributed by atoms with Crippen LogP contribution in [0.15, 0.2) is 40.8 Å². The van der Waals surface area contributed by atoms with E-state index < -0.39 is 0 Å². The summed E-state index contributed by atoms with van der Waals surface area (Å²) in [7, 11) is 3.39. The Morgan fingerprint density at radius 2 is 2.10 bits per heavy atom. The van der Waals surface area contributed by atoms with Gasteiger partial charge in [0.1, 0.15) is 6.33 Å². The van der Waals surface area contributed by atoms with Crippen molar-refractivity contribution >= 4 is 28.6 Å². The van der Waals surface area contributed by atoms with Crippen LogP contribution in [-0.2, 0) is 0 Å². The molecule has 0 spiro atoms. The zero-order valence-corrected chi connectivity index (χ0v) is 11.9. The van der Waals surface area contributed by atoms with E-state index in [0.717, 1.165) is 16.2 Å². The second-order valence-corrected chi connectivity index (χ2v) is 4.95. The van der Waals surface area contributed by atoms with Gasteiger partial charge in [0.2, 0.25) is 0 Å². The van der Waals surface area contributed by atoms with Crippen LogP contribution in [0.3, 0.4) is 0 Å². The van der Waals surface area contributed by atoms with Crippen molar-refractivity contribution in [3.05, 3.63) is 30.6 Å². The standard InChI is InChI=1S/C13H13N5OS/c1-14-11-10(19-2)12(16-7-15-11)20-13-17-8-5-3-4-6-9(8)18-13/h3-7H,1-2H3,(H,17,18)(H,14,15,16). The number of benzene rings is 1. The molecule has 0 fully saturated rings. The highest BCUT2D eigenvalue weighted by atomic mass is 32.2. The first-order valence-electron chi connectivity index (χ1n) is 6.01. The maximum Gasteiger partial charge on any atom is 0.194 e. The predicted molar refractivity (Wildman–Crippen MR) is 78.3 cm³/mol. The molecule has 0 bridgehead atoms. The van der Waals surface area contributed by atoms with Gasteiger partial charge in [-0.15, -0.1) is 0 Å². The van der Waals surface area contributed by atoms with Crippen molar-refractivity contribution in [2.24, 2.45) is 0 Å². The molecule has 0 aliphatic rings. The number of hydrogen-bond acceptors (Lipinski definition) is 6. The number of imidazole rings is 1. The lowest BCUT2D eigenvalue weighted by atomic mass is 10.3. The Hall–Kier alpha value is -2.28. The summed E-state index contributed by atoms with van der Waals surface area (Å²) in [5.41, 5.74) is 1.92. The predicted octanol–water partition coefficient (Wildman–Crippen LogP) is 2.55. The third-order valence-corrected chi connectivity index (χ3v) is 3.64. The SMILES string of the molecule is CNc1ncnc(Sc2nc3ccccc3[nH]2)c1OC. The molecule has 6 nitrogen and oxygen atoms in total. The molecule has 0 amide bonds. The first-order chi connectivity index (χ1) is 9.81. The molecule has 0 atom stereocenters. The van der Waals surface area contributed by atoms with Crippen molar-refractivity contribution in [1.29, 1.82) is 0 Å². The van der Waals surface area contributed by atoms with E-state index in [4.69, 9.17) is 4.74 Å². The maximum atomic E-state index is 5.36. The lowest BCUT2D eigenvalue weighted by Gasteiger charge is -2.09. The molecule has 2 heterocycles. The topological polar surface area (TPSA) is 75.7 Å². The largest absolute Gasteiger partial charge is 0.490 e. The summed E-state index contributed by atoms with van der Waals surface area (Å²) >= 11 is 1.41. The number of nitrogens with one attached hydrogen (secondary N) is 2. The molecule has 1 aromatic carbocycles. The Kier molecular flexibility index (Phi) is 3.42. The van der Waals surface area contributed by atoms with Gasteiger partial charge in [0.05, 0.1) is 18.1 Å². The molecule has 0 radical (unpaired) electrons. The molecular formula is C13H13N5OS. The van der Waals surface area contributed by atoms with Crippen molar-refractivity contribution in [1.82, 2.24) is 19.9 Å². The molecule has 0 unspecified atom stereocenters. The van der Waals surface area contributed by atoms with E-state index in [9.17, 15) is 0 Å². The molecule has 2 N–H and O–H groups in total. The summed E-state index contributed by atoms with van der Waals surface area (Å²) < 4.78 is 5.36. The molecule has 0 saturated heterocycles. The minimum Gasteiger partial charge on any atom is -0.490 e. The highest BCUT2D eigenvalue weighted by molar-refractivity contribution is 7.99. The fraction of sp³-hybridized carbons (Fsp3) is 0.154. The van der Waals surface area contributed by atoms with Gasteiger partial charge in [0.25, 0.3) is 0 Å². The molecule has 3 rings (SSSR count). The highest BCUT2D eigenvalue weighted by Gasteiger charge is 2.14. The Bertz CT molecular complexity index is 709. The van der Waals surface area contributed by atoms with Gasteiger partial charge in [0, 0.05) is 7.05 Å². The van der Waals surface area contributed by atoms with Gasteiger partial charge < -0.3 is 15.0 Å². The number of para-hydroxylation sites is 2. The van der Waals surface area contributed by atoms with Crippen LogP contribution in [-0.4, -0.2) is 34.1 Å². The van der Waals surface area contributed by atoms with Crippen LogP contribution in [0.5, 0.6) is 5.75 Å². The van der Waals surface area contributed by atoms with E-state index in [1.807, 2.05) is 24.3 Å². The second kappa shape index (κ2) is 5.38. The van der Waals surface area contributed by atoms with Gasteiger partial charge in [-0.05, 0) is 23.9 Å². The van der Waals surface area contributed by atoms with Gasteiger partial charge in [0.15, 0.2) is 21.7 Å². The van der Waals surface area contributed by atoms with Gasteiger partial charge in [-0.1, -0.05) is 12.1 Å². The van der Waals surface area contributed by atoms with Crippen LogP contribution in [0.25, 0.3) is 11.0 Å². The minimum absolute atomic E-state index is 0.612. The fourth-order valence-electron chi connectivity index (χ4n) is 1.86. The molecule has 102 valence electrons. The number of hydrogen-bond donors (Lipinski definition) is 2. The average molecular weight is 287 g/mol. The monoisotopic (exact) mass is 287 g/mol. The number of nitrogens with zero attached hydrogens (tertiary/aromatic N) is 3. The second-order valence-electron chi connectivity index (χ2n) is 3.97. The Morgan fingerprint density at radius 1 is 1.25 bits per heavy atom. The van der Waals surface area contributed by atoms with Gasteiger partial charge in [-0.25, -0.2) is 15.0 Å². The number of aromatic amines is 1. The number of ether oxygens (including phenoxy) is 1. The third kappa shape index (κ3) is 2.27. The van der Waals surface area contributed by atoms with E-state index in [-0.39, 0.29) is 0 Å². The van der Waals surface area contributed by atoms with E-state index >= 15 is 0 Å². The van der Waals surface area contributed by atoms with Crippen molar-refractivity contribution in [2.75, 3.05) is 19.5 Å². The number of anilines is 1. The molecule has 0 aliphatic carbocycles. The number of fused-ring (bicyclic) bond motifs is 1. The van der Waals surface area contributed by atoms with Crippen molar-refractivity contribution in [2.45, 2.75) is 10.2 Å². The average Bonchev–Trinajstić information content (AvgIpc) is 2.89. The summed E-state index contributed by atoms with van der Waals surface area (Å²) in [6, 6.07) is 7.89. The fourth-order valence-corrected chi connectivity index (χ4v) is 2.72. The van der Waals surface area contributed by atoms with Crippen LogP contribution in [0, 0.1) is 0 Å². The van der Waals surface area contributed by atoms with Crippen molar-refractivity contribution < 1.29 is 4.74 Å². The normalized spacial score (nSPS) is 10.7. The van der Waals surface area contributed by atoms with E-state index in [2.05, 4.69) is 25.3 Å². The first kappa shape index (κ1) is 12.7. The Balaban J connectivity index is 1.98. The molecule has 20 heavy (non-hydrogen) atoms. The molecule has 2 aromatic heterocycles.